The van der Waals surface area contributed by atoms with Crippen LogP contribution >= 0.6 is 11.3 Å². The summed E-state index contributed by atoms with van der Waals surface area (Å²) in [5.41, 5.74) is 2.89. The zero-order valence-corrected chi connectivity index (χ0v) is 20.4. The van der Waals surface area contributed by atoms with Gasteiger partial charge in [-0.2, -0.15) is 0 Å². The van der Waals surface area contributed by atoms with Crippen LogP contribution in [-0.2, 0) is 0 Å². The molecule has 2 aromatic carbocycles. The number of amides is 2. The average Bonchev–Trinajstić information content (AvgIpc) is 3.44. The van der Waals surface area contributed by atoms with Gasteiger partial charge in [0.1, 0.15) is 5.75 Å². The van der Waals surface area contributed by atoms with Crippen LogP contribution in [-0.4, -0.2) is 47.4 Å². The van der Waals surface area contributed by atoms with E-state index in [4.69, 9.17) is 9.72 Å². The monoisotopic (exact) mass is 485 g/mol. The van der Waals surface area contributed by atoms with Gasteiger partial charge in [0, 0.05) is 30.1 Å². The maximum atomic E-state index is 13.3. The minimum atomic E-state index is -0.0994. The standard InChI is InChI=1S/C28H27N3O3S/c1-2-34-21-11-9-19(10-12-21)28(33)31-15-13-20(14-16-31)29-27(32)23-18-25(26-8-5-17-35-26)30-24-7-4-3-6-22(23)24/h3-12,17-18,20H,2,13-16H2,1H3,(H,29,32). The largest absolute Gasteiger partial charge is 0.494 e. The van der Waals surface area contributed by atoms with Crippen LogP contribution in [0.25, 0.3) is 21.5 Å². The average molecular weight is 486 g/mol. The Kier molecular flexibility index (Phi) is 6.77. The zero-order chi connectivity index (χ0) is 24.2. The number of nitrogens with one attached hydrogen (secondary N) is 1. The molecule has 0 unspecified atom stereocenters. The molecule has 1 aliphatic rings. The summed E-state index contributed by atoms with van der Waals surface area (Å²) in [5, 5.41) is 6.05. The molecule has 0 bridgehead atoms. The van der Waals surface area contributed by atoms with E-state index in [1.54, 1.807) is 23.5 Å². The molecule has 1 fully saturated rings. The highest BCUT2D eigenvalue weighted by Gasteiger charge is 2.25. The van der Waals surface area contributed by atoms with E-state index in [-0.39, 0.29) is 17.9 Å². The summed E-state index contributed by atoms with van der Waals surface area (Å²) in [7, 11) is 0. The number of likely N-dealkylation sites (tertiary alicyclic amines) is 1. The van der Waals surface area contributed by atoms with Crippen LogP contribution in [0.1, 0.15) is 40.5 Å². The smallest absolute Gasteiger partial charge is 0.253 e. The van der Waals surface area contributed by atoms with E-state index in [0.29, 0.717) is 30.8 Å². The van der Waals surface area contributed by atoms with Gasteiger partial charge in [-0.3, -0.25) is 9.59 Å². The molecule has 1 N–H and O–H groups in total. The molecule has 0 atom stereocenters. The number of carbonyl (C=O) groups excluding carboxylic acids is 2. The predicted molar refractivity (Wildman–Crippen MR) is 139 cm³/mol. The van der Waals surface area contributed by atoms with Crippen LogP contribution in [0.4, 0.5) is 0 Å². The molecule has 3 heterocycles. The van der Waals surface area contributed by atoms with Gasteiger partial charge in [-0.25, -0.2) is 4.98 Å². The van der Waals surface area contributed by atoms with Crippen molar-refractivity contribution < 1.29 is 14.3 Å². The lowest BCUT2D eigenvalue weighted by Crippen LogP contribution is -2.46. The fourth-order valence-electron chi connectivity index (χ4n) is 4.45. The molecule has 6 nitrogen and oxygen atoms in total. The first kappa shape index (κ1) is 23.1. The number of para-hydroxylation sites is 1. The van der Waals surface area contributed by atoms with Crippen molar-refractivity contribution in [2.75, 3.05) is 19.7 Å². The summed E-state index contributed by atoms with van der Waals surface area (Å²) in [5.74, 6) is 0.674. The second-order valence-electron chi connectivity index (χ2n) is 8.55. The summed E-state index contributed by atoms with van der Waals surface area (Å²) >= 11 is 1.61. The summed E-state index contributed by atoms with van der Waals surface area (Å²) in [6, 6.07) is 20.9. The van der Waals surface area contributed by atoms with Gasteiger partial charge in [0.15, 0.2) is 0 Å². The third-order valence-electron chi connectivity index (χ3n) is 6.26. The normalized spacial score (nSPS) is 14.1. The number of nitrogens with zero attached hydrogens (tertiary/aromatic N) is 2. The Bertz CT molecular complexity index is 1330. The molecule has 0 radical (unpaired) electrons. The van der Waals surface area contributed by atoms with Gasteiger partial charge in [0.05, 0.1) is 28.3 Å². The number of pyridine rings is 1. The van der Waals surface area contributed by atoms with Crippen molar-refractivity contribution in [2.24, 2.45) is 0 Å². The van der Waals surface area contributed by atoms with E-state index in [0.717, 1.165) is 40.1 Å². The lowest BCUT2D eigenvalue weighted by molar-refractivity contribution is 0.0698. The molecule has 0 aliphatic carbocycles. The van der Waals surface area contributed by atoms with Crippen LogP contribution in [0, 0.1) is 0 Å². The number of benzene rings is 2. The number of hydrogen-bond acceptors (Lipinski definition) is 5. The summed E-state index contributed by atoms with van der Waals surface area (Å²) in [6.07, 6.45) is 1.44. The molecular weight excluding hydrogens is 458 g/mol. The molecule has 35 heavy (non-hydrogen) atoms. The first-order valence-electron chi connectivity index (χ1n) is 11.9. The Morgan fingerprint density at radius 3 is 2.54 bits per heavy atom. The lowest BCUT2D eigenvalue weighted by atomic mass is 10.0. The van der Waals surface area contributed by atoms with E-state index in [1.165, 1.54) is 0 Å². The van der Waals surface area contributed by atoms with Crippen LogP contribution in [0.3, 0.4) is 0 Å². The Labute approximate surface area is 208 Å². The number of aromatic nitrogens is 1. The highest BCUT2D eigenvalue weighted by molar-refractivity contribution is 7.13. The minimum absolute atomic E-state index is 0.0125. The minimum Gasteiger partial charge on any atom is -0.494 e. The maximum absolute atomic E-state index is 13.3. The fourth-order valence-corrected chi connectivity index (χ4v) is 5.13. The molecule has 0 saturated carbocycles. The number of fused-ring (bicyclic) bond motifs is 1. The molecule has 7 heteroatoms. The lowest BCUT2D eigenvalue weighted by Gasteiger charge is -2.32. The van der Waals surface area contributed by atoms with E-state index in [2.05, 4.69) is 5.32 Å². The number of rotatable bonds is 6. The maximum Gasteiger partial charge on any atom is 0.253 e. The number of ether oxygens (including phenoxy) is 1. The first-order valence-corrected chi connectivity index (χ1v) is 12.8. The van der Waals surface area contributed by atoms with Gasteiger partial charge in [-0.05, 0) is 67.6 Å². The third kappa shape index (κ3) is 5.05. The topological polar surface area (TPSA) is 71.5 Å². The van der Waals surface area contributed by atoms with Crippen molar-refractivity contribution in [3.05, 3.63) is 83.2 Å². The molecular formula is C28H27N3O3S. The Morgan fingerprint density at radius 1 is 1.06 bits per heavy atom. The van der Waals surface area contributed by atoms with Crippen LogP contribution in [0.15, 0.2) is 72.1 Å². The van der Waals surface area contributed by atoms with Crippen molar-refractivity contribution in [3.63, 3.8) is 0 Å². The van der Waals surface area contributed by atoms with Crippen molar-refractivity contribution >= 4 is 34.1 Å². The number of thiophene rings is 1. The quantitative estimate of drug-likeness (QED) is 0.397. The third-order valence-corrected chi connectivity index (χ3v) is 7.16. The number of hydrogen-bond donors (Lipinski definition) is 1. The van der Waals surface area contributed by atoms with Gasteiger partial charge in [-0.15, -0.1) is 11.3 Å². The van der Waals surface area contributed by atoms with Crippen molar-refractivity contribution in [1.29, 1.82) is 0 Å². The summed E-state index contributed by atoms with van der Waals surface area (Å²) in [6.45, 7) is 3.74. The molecule has 1 saturated heterocycles. The predicted octanol–water partition coefficient (Wildman–Crippen LogP) is 5.40. The van der Waals surface area contributed by atoms with E-state index >= 15 is 0 Å². The SMILES string of the molecule is CCOc1ccc(C(=O)N2CCC(NC(=O)c3cc(-c4cccs4)nc4ccccc34)CC2)cc1. The van der Waals surface area contributed by atoms with Gasteiger partial charge < -0.3 is 15.0 Å². The fraction of sp³-hybridized carbons (Fsp3) is 0.250. The molecule has 0 spiro atoms. The van der Waals surface area contributed by atoms with E-state index in [9.17, 15) is 9.59 Å². The molecule has 1 aliphatic heterocycles. The van der Waals surface area contributed by atoms with Crippen molar-refractivity contribution in [3.8, 4) is 16.3 Å². The summed E-state index contributed by atoms with van der Waals surface area (Å²) < 4.78 is 5.46. The Hall–Kier alpha value is -3.71. The van der Waals surface area contributed by atoms with Gasteiger partial charge in [0.25, 0.3) is 11.8 Å². The molecule has 178 valence electrons. The Morgan fingerprint density at radius 2 is 1.83 bits per heavy atom. The van der Waals surface area contributed by atoms with E-state index in [1.807, 2.05) is 71.8 Å². The summed E-state index contributed by atoms with van der Waals surface area (Å²) in [4.78, 5) is 33.9. The Balaban J connectivity index is 1.26. The van der Waals surface area contributed by atoms with Gasteiger partial charge in [-0.1, -0.05) is 24.3 Å². The van der Waals surface area contributed by atoms with Crippen molar-refractivity contribution in [2.45, 2.75) is 25.8 Å². The molecule has 2 aromatic heterocycles. The molecule has 2 amide bonds. The molecule has 5 rings (SSSR count). The van der Waals surface area contributed by atoms with Crippen LogP contribution < -0.4 is 10.1 Å². The second-order valence-corrected chi connectivity index (χ2v) is 9.49. The van der Waals surface area contributed by atoms with Crippen LogP contribution in [0.5, 0.6) is 5.75 Å². The second kappa shape index (κ2) is 10.3. The van der Waals surface area contributed by atoms with Crippen molar-refractivity contribution in [1.82, 2.24) is 15.2 Å². The number of piperidine rings is 1. The number of carbonyl (C=O) groups is 2. The molecule has 4 aromatic rings. The van der Waals surface area contributed by atoms with Gasteiger partial charge >= 0.3 is 0 Å². The highest BCUT2D eigenvalue weighted by Crippen LogP contribution is 2.28. The zero-order valence-electron chi connectivity index (χ0n) is 19.6. The first-order chi connectivity index (χ1) is 17.1. The van der Waals surface area contributed by atoms with Gasteiger partial charge in [0.2, 0.25) is 0 Å². The van der Waals surface area contributed by atoms with Crippen LogP contribution in [0.2, 0.25) is 0 Å². The highest BCUT2D eigenvalue weighted by atomic mass is 32.1. The van der Waals surface area contributed by atoms with E-state index < -0.39 is 0 Å².